The molecule has 0 radical (unpaired) electrons. The molecule has 0 bridgehead atoms. The summed E-state index contributed by atoms with van der Waals surface area (Å²) in [7, 11) is 0. The van der Waals surface area contributed by atoms with Gasteiger partial charge in [0.1, 0.15) is 17.3 Å². The van der Waals surface area contributed by atoms with E-state index in [9.17, 15) is 15.0 Å². The minimum absolute atomic E-state index is 0.301. The van der Waals surface area contributed by atoms with Crippen molar-refractivity contribution in [3.63, 3.8) is 0 Å². The van der Waals surface area contributed by atoms with E-state index in [1.807, 2.05) is 24.3 Å². The summed E-state index contributed by atoms with van der Waals surface area (Å²) in [5.41, 5.74) is 1.19. The van der Waals surface area contributed by atoms with Gasteiger partial charge >= 0.3 is 5.97 Å². The molecule has 4 nitrogen and oxygen atoms in total. The normalized spacial score (nSPS) is 24.9. The molecule has 1 aliphatic carbocycles. The Labute approximate surface area is 130 Å². The SMILES string of the molecule is CC1=CC(O)(Cc2ccccc2C(C)C)C=C(O)C1C(=O)O. The Morgan fingerprint density at radius 3 is 2.45 bits per heavy atom. The van der Waals surface area contributed by atoms with Crippen LogP contribution >= 0.6 is 0 Å². The van der Waals surface area contributed by atoms with Crippen LogP contribution in [-0.2, 0) is 11.2 Å². The lowest BCUT2D eigenvalue weighted by atomic mass is 9.80. The molecule has 4 heteroatoms. The van der Waals surface area contributed by atoms with Gasteiger partial charge in [0, 0.05) is 6.42 Å². The van der Waals surface area contributed by atoms with Crippen molar-refractivity contribution >= 4 is 5.97 Å². The molecule has 0 heterocycles. The fourth-order valence-electron chi connectivity index (χ4n) is 3.08. The van der Waals surface area contributed by atoms with Crippen molar-refractivity contribution in [1.29, 1.82) is 0 Å². The Morgan fingerprint density at radius 2 is 1.91 bits per heavy atom. The van der Waals surface area contributed by atoms with E-state index in [-0.39, 0.29) is 5.76 Å². The van der Waals surface area contributed by atoms with Crippen molar-refractivity contribution < 1.29 is 20.1 Å². The van der Waals surface area contributed by atoms with E-state index < -0.39 is 17.5 Å². The number of benzene rings is 1. The average Bonchev–Trinajstić information content (AvgIpc) is 2.36. The quantitative estimate of drug-likeness (QED) is 0.746. The Morgan fingerprint density at radius 1 is 1.27 bits per heavy atom. The molecule has 22 heavy (non-hydrogen) atoms. The van der Waals surface area contributed by atoms with Crippen LogP contribution in [0.1, 0.15) is 37.8 Å². The first-order chi connectivity index (χ1) is 10.2. The highest BCUT2D eigenvalue weighted by Gasteiger charge is 2.35. The molecule has 0 saturated heterocycles. The summed E-state index contributed by atoms with van der Waals surface area (Å²) in [5, 5.41) is 29.9. The van der Waals surface area contributed by atoms with E-state index in [1.54, 1.807) is 6.92 Å². The molecule has 0 saturated carbocycles. The molecule has 3 N–H and O–H groups in total. The summed E-state index contributed by atoms with van der Waals surface area (Å²) in [6, 6.07) is 7.84. The molecule has 0 amide bonds. The van der Waals surface area contributed by atoms with Gasteiger partial charge in [-0.05, 0) is 36.1 Å². The maximum absolute atomic E-state index is 11.2. The van der Waals surface area contributed by atoms with Gasteiger partial charge in [0.25, 0.3) is 0 Å². The second kappa shape index (κ2) is 5.97. The monoisotopic (exact) mass is 302 g/mol. The molecular weight excluding hydrogens is 280 g/mol. The van der Waals surface area contributed by atoms with Gasteiger partial charge in [-0.1, -0.05) is 43.7 Å². The first-order valence-electron chi connectivity index (χ1n) is 7.37. The van der Waals surface area contributed by atoms with Crippen molar-refractivity contribution in [3.8, 4) is 0 Å². The van der Waals surface area contributed by atoms with E-state index in [0.717, 1.165) is 11.1 Å². The Bertz CT molecular complexity index is 620. The molecule has 2 atom stereocenters. The van der Waals surface area contributed by atoms with Crippen LogP contribution in [0, 0.1) is 5.92 Å². The fraction of sp³-hybridized carbons (Fsp3) is 0.389. The molecule has 0 aliphatic heterocycles. The largest absolute Gasteiger partial charge is 0.511 e. The molecule has 2 unspecified atom stereocenters. The van der Waals surface area contributed by atoms with E-state index in [1.165, 1.54) is 12.2 Å². The summed E-state index contributed by atoms with van der Waals surface area (Å²) in [5.74, 6) is -2.18. The average molecular weight is 302 g/mol. The number of aliphatic carboxylic acids is 1. The second-order valence-corrected chi connectivity index (χ2v) is 6.25. The predicted molar refractivity (Wildman–Crippen MR) is 84.8 cm³/mol. The van der Waals surface area contributed by atoms with Gasteiger partial charge in [0.2, 0.25) is 0 Å². The Hall–Kier alpha value is -2.07. The number of rotatable bonds is 4. The van der Waals surface area contributed by atoms with Crippen LogP contribution in [0.3, 0.4) is 0 Å². The van der Waals surface area contributed by atoms with Crippen molar-refractivity contribution in [1.82, 2.24) is 0 Å². The smallest absolute Gasteiger partial charge is 0.318 e. The second-order valence-electron chi connectivity index (χ2n) is 6.25. The Kier molecular flexibility index (Phi) is 4.42. The van der Waals surface area contributed by atoms with Crippen molar-refractivity contribution in [3.05, 3.63) is 58.9 Å². The summed E-state index contributed by atoms with van der Waals surface area (Å²) in [6.07, 6.45) is 3.08. The van der Waals surface area contributed by atoms with Crippen LogP contribution in [-0.4, -0.2) is 26.9 Å². The number of carboxylic acids is 1. The van der Waals surface area contributed by atoms with Crippen LogP contribution in [0.4, 0.5) is 0 Å². The summed E-state index contributed by atoms with van der Waals surface area (Å²) in [6.45, 7) is 5.78. The third kappa shape index (κ3) is 3.22. The van der Waals surface area contributed by atoms with E-state index in [4.69, 9.17) is 5.11 Å². The van der Waals surface area contributed by atoms with Crippen molar-refractivity contribution in [2.45, 2.75) is 38.7 Å². The maximum atomic E-state index is 11.2. The van der Waals surface area contributed by atoms with E-state index in [2.05, 4.69) is 13.8 Å². The number of hydrogen-bond acceptors (Lipinski definition) is 3. The van der Waals surface area contributed by atoms with E-state index in [0.29, 0.717) is 17.9 Å². The third-order valence-corrected chi connectivity index (χ3v) is 4.02. The fourth-order valence-corrected chi connectivity index (χ4v) is 3.08. The summed E-state index contributed by atoms with van der Waals surface area (Å²) < 4.78 is 0. The number of aliphatic hydroxyl groups excluding tert-OH is 1. The van der Waals surface area contributed by atoms with Gasteiger partial charge in [-0.2, -0.15) is 0 Å². The number of aliphatic hydroxyl groups is 2. The summed E-state index contributed by atoms with van der Waals surface area (Å²) >= 11 is 0. The van der Waals surface area contributed by atoms with Gasteiger partial charge in [-0.25, -0.2) is 0 Å². The number of hydrogen-bond donors (Lipinski definition) is 3. The highest BCUT2D eigenvalue weighted by atomic mass is 16.4. The van der Waals surface area contributed by atoms with Gasteiger partial charge in [0.05, 0.1) is 0 Å². The topological polar surface area (TPSA) is 77.8 Å². The minimum atomic E-state index is -1.37. The zero-order valence-electron chi connectivity index (χ0n) is 13.1. The minimum Gasteiger partial charge on any atom is -0.511 e. The molecule has 1 aromatic carbocycles. The van der Waals surface area contributed by atoms with Crippen molar-refractivity contribution in [2.24, 2.45) is 5.92 Å². The standard InChI is InChI=1S/C18H22O4/c1-11(2)14-7-5-4-6-13(14)9-18(22)8-12(3)16(17(20)21)15(19)10-18/h4-8,10-11,16,19,22H,9H2,1-3H3,(H,20,21). The molecule has 1 aliphatic rings. The zero-order valence-corrected chi connectivity index (χ0v) is 13.1. The van der Waals surface area contributed by atoms with Crippen LogP contribution in [0.5, 0.6) is 0 Å². The molecule has 0 spiro atoms. The molecular formula is C18H22O4. The van der Waals surface area contributed by atoms with Crippen molar-refractivity contribution in [2.75, 3.05) is 0 Å². The zero-order chi connectivity index (χ0) is 16.5. The molecule has 0 fully saturated rings. The molecule has 0 aromatic heterocycles. The lowest BCUT2D eigenvalue weighted by Crippen LogP contribution is -2.34. The van der Waals surface area contributed by atoms with Gasteiger partial charge in [-0.3, -0.25) is 4.79 Å². The van der Waals surface area contributed by atoms with Crippen LogP contribution < -0.4 is 0 Å². The van der Waals surface area contributed by atoms with Crippen LogP contribution in [0.25, 0.3) is 0 Å². The van der Waals surface area contributed by atoms with Crippen LogP contribution in [0.2, 0.25) is 0 Å². The number of carboxylic acid groups (broad SMARTS) is 1. The van der Waals surface area contributed by atoms with Crippen LogP contribution in [0.15, 0.2) is 47.7 Å². The summed E-state index contributed by atoms with van der Waals surface area (Å²) in [4.78, 5) is 11.2. The predicted octanol–water partition coefficient (Wildman–Crippen LogP) is 3.19. The van der Waals surface area contributed by atoms with Gasteiger partial charge < -0.3 is 15.3 Å². The maximum Gasteiger partial charge on any atom is 0.318 e. The van der Waals surface area contributed by atoms with Gasteiger partial charge in [-0.15, -0.1) is 0 Å². The molecule has 118 valence electrons. The Balaban J connectivity index is 2.36. The number of carbonyl (C=O) groups is 1. The first kappa shape index (κ1) is 16.3. The third-order valence-electron chi connectivity index (χ3n) is 4.02. The van der Waals surface area contributed by atoms with E-state index >= 15 is 0 Å². The first-order valence-corrected chi connectivity index (χ1v) is 7.37. The lowest BCUT2D eigenvalue weighted by molar-refractivity contribution is -0.140. The molecule has 1 aromatic rings. The van der Waals surface area contributed by atoms with Gasteiger partial charge in [0.15, 0.2) is 0 Å². The molecule has 2 rings (SSSR count). The lowest BCUT2D eigenvalue weighted by Gasteiger charge is -2.30. The highest BCUT2D eigenvalue weighted by molar-refractivity contribution is 5.77. The highest BCUT2D eigenvalue weighted by Crippen LogP contribution is 2.33.